The molecule has 0 radical (unpaired) electrons. The van der Waals surface area contributed by atoms with Crippen molar-refractivity contribution in [3.8, 4) is 5.75 Å². The van der Waals surface area contributed by atoms with E-state index in [4.69, 9.17) is 11.5 Å². The summed E-state index contributed by atoms with van der Waals surface area (Å²) >= 11 is 0. The number of hydrogen-bond donors (Lipinski definition) is 9. The predicted octanol–water partition coefficient (Wildman–Crippen LogP) is -1.08. The Hall–Kier alpha value is -4.04. The number of aliphatic hydroxyl groups is 2. The summed E-state index contributed by atoms with van der Waals surface area (Å²) in [6, 6.07) is 10.0. The molecule has 0 spiro atoms. The Morgan fingerprint density at radius 1 is 0.744 bits per heavy atom. The van der Waals surface area contributed by atoms with Crippen LogP contribution in [-0.2, 0) is 32.1 Å². The van der Waals surface area contributed by atoms with E-state index in [1.54, 1.807) is 36.4 Å². The van der Waals surface area contributed by atoms with Gasteiger partial charge in [-0.25, -0.2) is 0 Å². The van der Waals surface area contributed by atoms with Crippen LogP contribution in [0.3, 0.4) is 0 Å². The first kappa shape index (κ1) is 35.2. The van der Waals surface area contributed by atoms with Gasteiger partial charge in [-0.3, -0.25) is 19.2 Å². The minimum absolute atomic E-state index is 0.0142. The zero-order valence-electron chi connectivity index (χ0n) is 24.5. The summed E-state index contributed by atoms with van der Waals surface area (Å²) in [4.78, 5) is 52.2. The quantitative estimate of drug-likeness (QED) is 0.100. The van der Waals surface area contributed by atoms with E-state index < -0.39 is 60.0 Å². The Morgan fingerprint density at radius 3 is 1.91 bits per heavy atom. The van der Waals surface area contributed by atoms with Gasteiger partial charge < -0.3 is 48.1 Å². The molecule has 0 saturated carbocycles. The zero-order valence-corrected chi connectivity index (χ0v) is 24.5. The van der Waals surface area contributed by atoms with Crippen molar-refractivity contribution in [3.05, 3.63) is 65.7 Å². The Labute approximate surface area is 251 Å². The highest BCUT2D eigenvalue weighted by Gasteiger charge is 2.34. The van der Waals surface area contributed by atoms with E-state index in [0.29, 0.717) is 31.4 Å². The third-order valence-electron chi connectivity index (χ3n) is 6.75. The summed E-state index contributed by atoms with van der Waals surface area (Å²) in [5.74, 6) is -2.94. The second-order valence-corrected chi connectivity index (χ2v) is 10.5. The average Bonchev–Trinajstić information content (AvgIpc) is 2.98. The topological polar surface area (TPSA) is 229 Å². The first-order valence-electron chi connectivity index (χ1n) is 14.2. The smallest absolute Gasteiger partial charge is 0.245 e. The summed E-state index contributed by atoms with van der Waals surface area (Å²) in [6.45, 7) is 3.21. The Morgan fingerprint density at radius 2 is 1.33 bits per heavy atom. The van der Waals surface area contributed by atoms with Crippen LogP contribution < -0.4 is 32.7 Å². The maximum absolute atomic E-state index is 13.4. The number of phenolic OH excluding ortho intramolecular Hbond substituents is 1. The molecule has 0 fully saturated rings. The lowest BCUT2D eigenvalue weighted by Crippen LogP contribution is -2.62. The van der Waals surface area contributed by atoms with Crippen molar-refractivity contribution in [1.29, 1.82) is 0 Å². The van der Waals surface area contributed by atoms with Crippen LogP contribution in [0.2, 0.25) is 0 Å². The van der Waals surface area contributed by atoms with Crippen LogP contribution >= 0.6 is 0 Å². The molecule has 6 atom stereocenters. The highest BCUT2D eigenvalue weighted by Crippen LogP contribution is 2.12. The van der Waals surface area contributed by atoms with E-state index in [9.17, 15) is 34.5 Å². The number of phenols is 1. The molecule has 0 heterocycles. The lowest BCUT2D eigenvalue weighted by molar-refractivity contribution is -0.137. The molecule has 0 aromatic heterocycles. The fourth-order valence-electron chi connectivity index (χ4n) is 4.20. The molecular formula is C30H44N6O7. The number of rotatable bonds is 17. The minimum atomic E-state index is -1.53. The molecule has 0 saturated heterocycles. The van der Waals surface area contributed by atoms with Crippen molar-refractivity contribution in [3.63, 3.8) is 0 Å². The second-order valence-electron chi connectivity index (χ2n) is 10.5. The summed E-state index contributed by atoms with van der Waals surface area (Å²) in [6.07, 6.45) is -1.07. The van der Waals surface area contributed by atoms with E-state index in [1.807, 2.05) is 6.07 Å². The van der Waals surface area contributed by atoms with Gasteiger partial charge in [0.1, 0.15) is 23.9 Å². The summed E-state index contributed by atoms with van der Waals surface area (Å²) in [5, 5.41) is 40.3. The molecule has 13 heteroatoms. The maximum atomic E-state index is 13.4. The van der Waals surface area contributed by atoms with Gasteiger partial charge in [-0.05, 0) is 56.5 Å². The molecule has 4 amide bonds. The highest BCUT2D eigenvalue weighted by molar-refractivity contribution is 5.95. The Balaban J connectivity index is 2.16. The molecule has 0 aliphatic heterocycles. The molecule has 2 rings (SSSR count). The second kappa shape index (κ2) is 17.8. The molecule has 0 aliphatic rings. The van der Waals surface area contributed by atoms with E-state index in [1.165, 1.54) is 26.0 Å². The molecule has 0 unspecified atom stereocenters. The molecule has 13 nitrogen and oxygen atoms in total. The average molecular weight is 601 g/mol. The van der Waals surface area contributed by atoms with Crippen LogP contribution in [0.4, 0.5) is 0 Å². The third kappa shape index (κ3) is 12.0. The SMILES string of the molecule is C[C@@H](O)[C@H](NC(=O)[C@H](Cc1ccc(O)cc1)NC(=O)[C@@H](N)CCCCN)C(=O)N[C@H](C(=O)NCc1ccccc1)[C@@H](C)O. The number of nitrogens with two attached hydrogens (primary N) is 2. The number of aromatic hydroxyl groups is 1. The number of nitrogens with one attached hydrogen (secondary N) is 4. The van der Waals surface area contributed by atoms with Gasteiger partial charge >= 0.3 is 0 Å². The van der Waals surface area contributed by atoms with Gasteiger partial charge in [0.15, 0.2) is 0 Å². The summed E-state index contributed by atoms with van der Waals surface area (Å²) < 4.78 is 0. The number of amides is 4. The zero-order chi connectivity index (χ0) is 31.9. The summed E-state index contributed by atoms with van der Waals surface area (Å²) in [7, 11) is 0. The van der Waals surface area contributed by atoms with Crippen molar-refractivity contribution in [2.24, 2.45) is 11.5 Å². The van der Waals surface area contributed by atoms with Gasteiger partial charge in [0.05, 0.1) is 18.2 Å². The number of carbonyl (C=O) groups excluding carboxylic acids is 4. The summed E-state index contributed by atoms with van der Waals surface area (Å²) in [5.41, 5.74) is 12.9. The number of carbonyl (C=O) groups is 4. The van der Waals surface area contributed by atoms with Crippen molar-refractivity contribution < 1.29 is 34.5 Å². The number of hydrogen-bond acceptors (Lipinski definition) is 9. The lowest BCUT2D eigenvalue weighted by atomic mass is 10.0. The number of benzene rings is 2. The predicted molar refractivity (Wildman–Crippen MR) is 160 cm³/mol. The van der Waals surface area contributed by atoms with Gasteiger partial charge in [-0.2, -0.15) is 0 Å². The monoisotopic (exact) mass is 600 g/mol. The molecule has 2 aromatic carbocycles. The molecule has 43 heavy (non-hydrogen) atoms. The fraction of sp³-hybridized carbons (Fsp3) is 0.467. The Bertz CT molecular complexity index is 1180. The van der Waals surface area contributed by atoms with Crippen molar-refractivity contribution >= 4 is 23.6 Å². The van der Waals surface area contributed by atoms with Gasteiger partial charge in [-0.1, -0.05) is 48.9 Å². The van der Waals surface area contributed by atoms with E-state index in [0.717, 1.165) is 5.56 Å². The van der Waals surface area contributed by atoms with Crippen LogP contribution in [-0.4, -0.2) is 81.9 Å². The maximum Gasteiger partial charge on any atom is 0.245 e. The number of aliphatic hydroxyl groups excluding tert-OH is 2. The van der Waals surface area contributed by atoms with Crippen LogP contribution in [0, 0.1) is 0 Å². The number of unbranched alkanes of at least 4 members (excludes halogenated alkanes) is 1. The normalized spacial score (nSPS) is 15.2. The standard InChI is InChI=1S/C30H44N6O7/c1-18(37)25(29(42)33-17-21-8-4-3-5-9-21)36-30(43)26(19(2)38)35-28(41)24(16-20-11-13-22(39)14-12-20)34-27(40)23(32)10-6-7-15-31/h3-5,8-9,11-14,18-19,23-26,37-39H,6-7,10,15-17,31-32H2,1-2H3,(H,33,42)(H,34,40)(H,35,41)(H,36,43)/t18-,19-,23+,24+,25+,26+/m1/s1. The largest absolute Gasteiger partial charge is 0.508 e. The Kier molecular flexibility index (Phi) is 14.6. The first-order chi connectivity index (χ1) is 20.4. The van der Waals surface area contributed by atoms with E-state index in [-0.39, 0.29) is 18.7 Å². The van der Waals surface area contributed by atoms with Crippen molar-refractivity contribution in [1.82, 2.24) is 21.3 Å². The fourth-order valence-corrected chi connectivity index (χ4v) is 4.20. The first-order valence-corrected chi connectivity index (χ1v) is 14.2. The van der Waals surface area contributed by atoms with Crippen molar-refractivity contribution in [2.75, 3.05) is 6.54 Å². The molecule has 0 aliphatic carbocycles. The molecular weight excluding hydrogens is 556 g/mol. The van der Waals surface area contributed by atoms with E-state index >= 15 is 0 Å². The van der Waals surface area contributed by atoms with Gasteiger partial charge in [-0.15, -0.1) is 0 Å². The third-order valence-corrected chi connectivity index (χ3v) is 6.75. The van der Waals surface area contributed by atoms with E-state index in [2.05, 4.69) is 21.3 Å². The van der Waals surface area contributed by atoms with Crippen LogP contribution in [0.15, 0.2) is 54.6 Å². The molecule has 0 bridgehead atoms. The molecule has 11 N–H and O–H groups in total. The van der Waals surface area contributed by atoms with Crippen LogP contribution in [0.1, 0.15) is 44.2 Å². The van der Waals surface area contributed by atoms with Gasteiger partial charge in [0.2, 0.25) is 23.6 Å². The lowest BCUT2D eigenvalue weighted by Gasteiger charge is -2.28. The van der Waals surface area contributed by atoms with Crippen LogP contribution in [0.25, 0.3) is 0 Å². The van der Waals surface area contributed by atoms with Gasteiger partial charge in [0, 0.05) is 13.0 Å². The minimum Gasteiger partial charge on any atom is -0.508 e. The van der Waals surface area contributed by atoms with Gasteiger partial charge in [0.25, 0.3) is 0 Å². The molecule has 2 aromatic rings. The highest BCUT2D eigenvalue weighted by atomic mass is 16.3. The molecule has 236 valence electrons. The van der Waals surface area contributed by atoms with Crippen molar-refractivity contribution in [2.45, 2.75) is 82.5 Å². The van der Waals surface area contributed by atoms with Crippen LogP contribution in [0.5, 0.6) is 5.75 Å².